The smallest absolute Gasteiger partial charge is 0.252 e. The van der Waals surface area contributed by atoms with E-state index in [0.717, 1.165) is 0 Å². The SMILES string of the molecule is CCNC(=O)[C@H]1O[C@@H](n2cnc3c(NC)nc(CNS(=O)(=O)Cc4ccccc4)nc32)[C@H](O)[C@@H]1O. The third kappa shape index (κ3) is 5.26. The first-order valence-corrected chi connectivity index (χ1v) is 12.6. The summed E-state index contributed by atoms with van der Waals surface area (Å²) in [6.45, 7) is 1.87. The summed E-state index contributed by atoms with van der Waals surface area (Å²) in [5.74, 6) is -0.272. The van der Waals surface area contributed by atoms with E-state index in [1.54, 1.807) is 44.3 Å². The van der Waals surface area contributed by atoms with Crippen LogP contribution in [0.1, 0.15) is 24.5 Å². The molecule has 4 rings (SSSR count). The number of aliphatic hydroxyl groups is 2. The molecule has 1 saturated heterocycles. The minimum atomic E-state index is -3.67. The molecule has 3 aromatic rings. The molecule has 2 aromatic heterocycles. The van der Waals surface area contributed by atoms with E-state index in [2.05, 4.69) is 30.3 Å². The number of hydrogen-bond acceptors (Lipinski definition) is 10. The van der Waals surface area contributed by atoms with Gasteiger partial charge in [0.1, 0.15) is 18.0 Å². The number of hydrogen-bond donors (Lipinski definition) is 5. The Balaban J connectivity index is 1.59. The molecule has 0 unspecified atom stereocenters. The number of amides is 1. The molecule has 1 aliphatic heterocycles. The van der Waals surface area contributed by atoms with Crippen molar-refractivity contribution < 1.29 is 28.2 Å². The number of nitrogens with one attached hydrogen (secondary N) is 3. The number of rotatable bonds is 9. The molecule has 13 nitrogen and oxygen atoms in total. The Hall–Kier alpha value is -3.17. The van der Waals surface area contributed by atoms with Gasteiger partial charge in [-0.15, -0.1) is 0 Å². The molecular weight excluding hydrogens is 478 g/mol. The molecule has 3 heterocycles. The van der Waals surface area contributed by atoms with Crippen molar-refractivity contribution >= 4 is 32.9 Å². The highest BCUT2D eigenvalue weighted by Crippen LogP contribution is 2.32. The zero-order chi connectivity index (χ0) is 25.2. The van der Waals surface area contributed by atoms with Crippen molar-refractivity contribution in [3.05, 3.63) is 48.0 Å². The second-order valence-electron chi connectivity index (χ2n) is 7.95. The van der Waals surface area contributed by atoms with Crippen LogP contribution in [0.15, 0.2) is 36.7 Å². The van der Waals surface area contributed by atoms with E-state index in [0.29, 0.717) is 23.4 Å². The van der Waals surface area contributed by atoms with E-state index >= 15 is 0 Å². The molecule has 1 amide bonds. The van der Waals surface area contributed by atoms with Crippen LogP contribution in [0.25, 0.3) is 11.2 Å². The normalized spacial score (nSPS) is 22.4. The standard InChI is InChI=1S/C21H27N7O6S/c1-3-23-20(31)17-15(29)16(30)21(34-17)28-11-24-14-18(22-2)26-13(27-19(14)28)9-25-35(32,33)10-12-7-5-4-6-8-12/h4-8,11,15-17,21,25,29-30H,3,9-10H2,1-2H3,(H,23,31)(H,22,26,27)/t15-,16+,17-,21+/m0/s1. The van der Waals surface area contributed by atoms with Crippen molar-refractivity contribution in [1.82, 2.24) is 29.6 Å². The number of ether oxygens (including phenoxy) is 1. The van der Waals surface area contributed by atoms with Crippen LogP contribution in [0.4, 0.5) is 5.82 Å². The Kier molecular flexibility index (Phi) is 7.28. The van der Waals surface area contributed by atoms with E-state index in [-0.39, 0.29) is 23.8 Å². The number of aromatic nitrogens is 4. The van der Waals surface area contributed by atoms with Crippen LogP contribution >= 0.6 is 0 Å². The Morgan fingerprint density at radius 3 is 2.60 bits per heavy atom. The van der Waals surface area contributed by atoms with Gasteiger partial charge in [0, 0.05) is 13.6 Å². The molecule has 0 aliphatic carbocycles. The predicted molar refractivity (Wildman–Crippen MR) is 125 cm³/mol. The number of benzene rings is 1. The number of sulfonamides is 1. The lowest BCUT2D eigenvalue weighted by atomic mass is 10.1. The lowest BCUT2D eigenvalue weighted by Crippen LogP contribution is -2.42. The minimum Gasteiger partial charge on any atom is -0.387 e. The first-order chi connectivity index (χ1) is 16.7. The fourth-order valence-electron chi connectivity index (χ4n) is 3.80. The largest absolute Gasteiger partial charge is 0.387 e. The maximum absolute atomic E-state index is 12.5. The van der Waals surface area contributed by atoms with Gasteiger partial charge in [-0.25, -0.2) is 28.1 Å². The molecule has 1 aromatic carbocycles. The van der Waals surface area contributed by atoms with Gasteiger partial charge in [0.15, 0.2) is 29.3 Å². The average Bonchev–Trinajstić information content (AvgIpc) is 3.38. The number of carbonyl (C=O) groups is 1. The van der Waals surface area contributed by atoms with Crippen molar-refractivity contribution in [3.8, 4) is 0 Å². The van der Waals surface area contributed by atoms with Gasteiger partial charge in [0.25, 0.3) is 5.91 Å². The minimum absolute atomic E-state index is 0.147. The highest BCUT2D eigenvalue weighted by atomic mass is 32.2. The Labute approximate surface area is 201 Å². The zero-order valence-corrected chi connectivity index (χ0v) is 19.9. The van der Waals surface area contributed by atoms with Gasteiger partial charge in [-0.3, -0.25) is 9.36 Å². The van der Waals surface area contributed by atoms with Crippen molar-refractivity contribution in [3.63, 3.8) is 0 Å². The summed E-state index contributed by atoms with van der Waals surface area (Å²) in [6, 6.07) is 8.76. The third-order valence-electron chi connectivity index (χ3n) is 5.48. The highest BCUT2D eigenvalue weighted by molar-refractivity contribution is 7.88. The van der Waals surface area contributed by atoms with Crippen LogP contribution in [0.5, 0.6) is 0 Å². The molecule has 188 valence electrons. The summed E-state index contributed by atoms with van der Waals surface area (Å²) in [5.41, 5.74) is 1.21. The van der Waals surface area contributed by atoms with Crippen molar-refractivity contribution in [2.24, 2.45) is 0 Å². The molecule has 1 aliphatic rings. The summed E-state index contributed by atoms with van der Waals surface area (Å²) in [4.78, 5) is 25.2. The van der Waals surface area contributed by atoms with Crippen molar-refractivity contribution in [2.45, 2.75) is 43.8 Å². The molecule has 5 N–H and O–H groups in total. The first kappa shape index (κ1) is 24.9. The van der Waals surface area contributed by atoms with Crippen LogP contribution in [0, 0.1) is 0 Å². The predicted octanol–water partition coefficient (Wildman–Crippen LogP) is -0.757. The van der Waals surface area contributed by atoms with E-state index in [9.17, 15) is 23.4 Å². The topological polar surface area (TPSA) is 181 Å². The van der Waals surface area contributed by atoms with Gasteiger partial charge >= 0.3 is 0 Å². The maximum Gasteiger partial charge on any atom is 0.252 e. The number of fused-ring (bicyclic) bond motifs is 1. The summed E-state index contributed by atoms with van der Waals surface area (Å²) in [7, 11) is -2.05. The second kappa shape index (κ2) is 10.2. The van der Waals surface area contributed by atoms with Gasteiger partial charge in [-0.1, -0.05) is 30.3 Å². The maximum atomic E-state index is 12.5. The monoisotopic (exact) mass is 505 g/mol. The summed E-state index contributed by atoms with van der Waals surface area (Å²) in [5, 5.41) is 26.4. The number of anilines is 1. The number of nitrogens with zero attached hydrogens (tertiary/aromatic N) is 4. The lowest BCUT2D eigenvalue weighted by Gasteiger charge is -2.17. The van der Waals surface area contributed by atoms with Gasteiger partial charge in [-0.05, 0) is 12.5 Å². The molecule has 14 heteroatoms. The van der Waals surface area contributed by atoms with Crippen LogP contribution in [-0.4, -0.2) is 76.0 Å². The van der Waals surface area contributed by atoms with E-state index in [1.165, 1.54) is 10.9 Å². The quantitative estimate of drug-likeness (QED) is 0.248. The van der Waals surface area contributed by atoms with E-state index in [1.807, 2.05) is 0 Å². The fraction of sp³-hybridized carbons (Fsp3) is 0.429. The molecular formula is C21H27N7O6S. The van der Waals surface area contributed by atoms with Crippen molar-refractivity contribution in [2.75, 3.05) is 18.9 Å². The Bertz CT molecular complexity index is 1300. The van der Waals surface area contributed by atoms with Crippen LogP contribution < -0.4 is 15.4 Å². The number of imidazole rings is 1. The van der Waals surface area contributed by atoms with Gasteiger partial charge in [0.2, 0.25) is 10.0 Å². The van der Waals surface area contributed by atoms with Crippen LogP contribution in [0.3, 0.4) is 0 Å². The number of carbonyl (C=O) groups excluding carboxylic acids is 1. The number of aliphatic hydroxyl groups excluding tert-OH is 2. The molecule has 0 spiro atoms. The summed E-state index contributed by atoms with van der Waals surface area (Å²) >= 11 is 0. The van der Waals surface area contributed by atoms with Crippen LogP contribution in [0.2, 0.25) is 0 Å². The zero-order valence-electron chi connectivity index (χ0n) is 19.1. The van der Waals surface area contributed by atoms with E-state index in [4.69, 9.17) is 4.74 Å². The van der Waals surface area contributed by atoms with Crippen molar-refractivity contribution in [1.29, 1.82) is 0 Å². The highest BCUT2D eigenvalue weighted by Gasteiger charge is 2.47. The second-order valence-corrected chi connectivity index (χ2v) is 9.76. The molecule has 0 saturated carbocycles. The summed E-state index contributed by atoms with van der Waals surface area (Å²) in [6.07, 6.45) is -3.96. The van der Waals surface area contributed by atoms with E-state index < -0.39 is 40.5 Å². The Morgan fingerprint density at radius 2 is 1.91 bits per heavy atom. The molecule has 4 atom stereocenters. The Morgan fingerprint density at radius 1 is 1.17 bits per heavy atom. The lowest BCUT2D eigenvalue weighted by molar-refractivity contribution is -0.137. The average molecular weight is 506 g/mol. The third-order valence-corrected chi connectivity index (χ3v) is 6.77. The number of likely N-dealkylation sites (N-methyl/N-ethyl adjacent to an activating group) is 1. The van der Waals surface area contributed by atoms with Gasteiger partial charge in [0.05, 0.1) is 18.6 Å². The fourth-order valence-corrected chi connectivity index (χ4v) is 4.88. The molecule has 0 radical (unpaired) electrons. The van der Waals surface area contributed by atoms with Gasteiger partial charge < -0.3 is 25.6 Å². The molecule has 0 bridgehead atoms. The molecule has 35 heavy (non-hydrogen) atoms. The van der Waals surface area contributed by atoms with Gasteiger partial charge in [-0.2, -0.15) is 0 Å². The summed E-state index contributed by atoms with van der Waals surface area (Å²) < 4.78 is 34.6. The first-order valence-electron chi connectivity index (χ1n) is 11.0. The molecule has 1 fully saturated rings. The van der Waals surface area contributed by atoms with Crippen LogP contribution in [-0.2, 0) is 31.9 Å².